The topological polar surface area (TPSA) is 93.4 Å². The van der Waals surface area contributed by atoms with Gasteiger partial charge in [0, 0.05) is 11.4 Å². The Morgan fingerprint density at radius 2 is 1.76 bits per heavy atom. The fourth-order valence-electron chi connectivity index (χ4n) is 2.55. The third-order valence-electron chi connectivity index (χ3n) is 3.65. The van der Waals surface area contributed by atoms with Gasteiger partial charge < -0.3 is 21.1 Å². The van der Waals surface area contributed by atoms with E-state index in [0.29, 0.717) is 23.0 Å². The largest absolute Gasteiger partial charge is 0.484 e. The van der Waals surface area contributed by atoms with Crippen molar-refractivity contribution in [2.24, 2.45) is 5.73 Å². The number of anilines is 2. The molecule has 2 aromatic rings. The molecule has 0 heterocycles. The monoisotopic (exact) mass is 341 g/mol. The first-order valence-corrected chi connectivity index (χ1v) is 8.05. The van der Waals surface area contributed by atoms with Gasteiger partial charge >= 0.3 is 6.03 Å². The molecule has 0 aliphatic rings. The van der Waals surface area contributed by atoms with Crippen LogP contribution in [0.1, 0.15) is 30.9 Å². The minimum Gasteiger partial charge on any atom is -0.484 e. The van der Waals surface area contributed by atoms with E-state index in [4.69, 9.17) is 10.5 Å². The van der Waals surface area contributed by atoms with E-state index >= 15 is 0 Å². The fourth-order valence-corrected chi connectivity index (χ4v) is 2.55. The highest BCUT2D eigenvalue weighted by atomic mass is 16.5. The lowest BCUT2D eigenvalue weighted by molar-refractivity contribution is -0.118. The maximum absolute atomic E-state index is 12.0. The first-order valence-electron chi connectivity index (χ1n) is 8.05. The molecule has 6 heteroatoms. The number of carbonyl (C=O) groups is 2. The van der Waals surface area contributed by atoms with Gasteiger partial charge in [0.2, 0.25) is 0 Å². The molecule has 0 aliphatic heterocycles. The average molecular weight is 341 g/mol. The lowest BCUT2D eigenvalue weighted by Gasteiger charge is -2.12. The summed E-state index contributed by atoms with van der Waals surface area (Å²) in [7, 11) is 0. The van der Waals surface area contributed by atoms with Gasteiger partial charge in [-0.05, 0) is 54.3 Å². The smallest absolute Gasteiger partial charge is 0.316 e. The van der Waals surface area contributed by atoms with Crippen LogP contribution in [0.4, 0.5) is 16.2 Å². The Bertz CT molecular complexity index is 772. The van der Waals surface area contributed by atoms with Gasteiger partial charge in [-0.2, -0.15) is 0 Å². The Hall–Kier alpha value is -3.02. The second kappa shape index (κ2) is 8.19. The molecule has 132 valence electrons. The number of aryl methyl sites for hydroxylation is 1. The number of urea groups is 1. The molecular formula is C19H23N3O3. The summed E-state index contributed by atoms with van der Waals surface area (Å²) in [6.45, 7) is 6.20. The molecule has 6 nitrogen and oxygen atoms in total. The van der Waals surface area contributed by atoms with Gasteiger partial charge in [-0.25, -0.2) is 4.79 Å². The molecule has 0 saturated carbocycles. The zero-order valence-electron chi connectivity index (χ0n) is 14.6. The van der Waals surface area contributed by atoms with Crippen LogP contribution in [0, 0.1) is 6.92 Å². The standard InChI is InChI=1S/C19H23N3O3/c1-12(2)17-8-7-16(9-13(17)3)25-11-18(23)21-14-5-4-6-15(10-14)22-19(20)24/h4-10,12H,11H2,1-3H3,(H,21,23)(H3,20,22,24). The highest BCUT2D eigenvalue weighted by Gasteiger charge is 2.08. The molecule has 0 unspecified atom stereocenters. The number of carbonyl (C=O) groups excluding carboxylic acids is 2. The van der Waals surface area contributed by atoms with E-state index in [1.54, 1.807) is 24.3 Å². The Balaban J connectivity index is 1.93. The van der Waals surface area contributed by atoms with Gasteiger partial charge in [0.25, 0.3) is 5.91 Å². The molecule has 0 bridgehead atoms. The number of ether oxygens (including phenoxy) is 1. The van der Waals surface area contributed by atoms with Crippen molar-refractivity contribution in [3.8, 4) is 5.75 Å². The first-order chi connectivity index (χ1) is 11.8. The van der Waals surface area contributed by atoms with Crippen LogP contribution >= 0.6 is 0 Å². The molecule has 3 amide bonds. The lowest BCUT2D eigenvalue weighted by atomic mass is 9.98. The van der Waals surface area contributed by atoms with Crippen LogP contribution in [0.5, 0.6) is 5.75 Å². The van der Waals surface area contributed by atoms with E-state index in [2.05, 4.69) is 24.5 Å². The van der Waals surface area contributed by atoms with Crippen molar-refractivity contribution in [3.05, 3.63) is 53.6 Å². The van der Waals surface area contributed by atoms with Crippen LogP contribution in [0.2, 0.25) is 0 Å². The summed E-state index contributed by atoms with van der Waals surface area (Å²) >= 11 is 0. The number of primary amides is 1. The van der Waals surface area contributed by atoms with Gasteiger partial charge in [0.05, 0.1) is 0 Å². The van der Waals surface area contributed by atoms with Crippen LogP contribution in [0.3, 0.4) is 0 Å². The Morgan fingerprint density at radius 3 is 2.36 bits per heavy atom. The molecule has 25 heavy (non-hydrogen) atoms. The normalized spacial score (nSPS) is 10.4. The Kier molecular flexibility index (Phi) is 6.00. The maximum atomic E-state index is 12.0. The summed E-state index contributed by atoms with van der Waals surface area (Å²) < 4.78 is 5.55. The van der Waals surface area contributed by atoms with Gasteiger partial charge in [0.1, 0.15) is 5.75 Å². The summed E-state index contributed by atoms with van der Waals surface area (Å²) in [6, 6.07) is 11.9. The molecule has 0 aliphatic carbocycles. The fraction of sp³-hybridized carbons (Fsp3) is 0.263. The summed E-state index contributed by atoms with van der Waals surface area (Å²) in [6.07, 6.45) is 0. The number of hydrogen-bond acceptors (Lipinski definition) is 3. The molecule has 0 spiro atoms. The SMILES string of the molecule is Cc1cc(OCC(=O)Nc2cccc(NC(N)=O)c2)ccc1C(C)C. The molecule has 0 saturated heterocycles. The highest BCUT2D eigenvalue weighted by Crippen LogP contribution is 2.23. The zero-order valence-corrected chi connectivity index (χ0v) is 14.6. The lowest BCUT2D eigenvalue weighted by Crippen LogP contribution is -2.21. The third-order valence-corrected chi connectivity index (χ3v) is 3.65. The summed E-state index contributed by atoms with van der Waals surface area (Å²) in [5.41, 5.74) is 8.52. The van der Waals surface area contributed by atoms with Crippen LogP contribution < -0.4 is 21.1 Å². The van der Waals surface area contributed by atoms with Crippen LogP contribution in [-0.4, -0.2) is 18.5 Å². The summed E-state index contributed by atoms with van der Waals surface area (Å²) in [4.78, 5) is 22.9. The van der Waals surface area contributed by atoms with E-state index in [1.807, 2.05) is 25.1 Å². The van der Waals surface area contributed by atoms with Crippen molar-refractivity contribution >= 4 is 23.3 Å². The predicted octanol–water partition coefficient (Wildman–Crippen LogP) is 3.63. The van der Waals surface area contributed by atoms with Crippen molar-refractivity contribution in [2.45, 2.75) is 26.7 Å². The number of hydrogen-bond donors (Lipinski definition) is 3. The molecule has 4 N–H and O–H groups in total. The van der Waals surface area contributed by atoms with E-state index in [0.717, 1.165) is 5.56 Å². The van der Waals surface area contributed by atoms with Crippen molar-refractivity contribution < 1.29 is 14.3 Å². The second-order valence-electron chi connectivity index (χ2n) is 6.08. The maximum Gasteiger partial charge on any atom is 0.316 e. The highest BCUT2D eigenvalue weighted by molar-refractivity contribution is 5.93. The van der Waals surface area contributed by atoms with Gasteiger partial charge in [-0.1, -0.05) is 26.0 Å². The minimum atomic E-state index is -0.660. The van der Waals surface area contributed by atoms with Crippen LogP contribution in [0.15, 0.2) is 42.5 Å². The molecule has 0 atom stereocenters. The predicted molar refractivity (Wildman–Crippen MR) is 99.0 cm³/mol. The minimum absolute atomic E-state index is 0.103. The van der Waals surface area contributed by atoms with Crippen LogP contribution in [0.25, 0.3) is 0 Å². The Labute approximate surface area is 147 Å². The second-order valence-corrected chi connectivity index (χ2v) is 6.08. The van der Waals surface area contributed by atoms with E-state index < -0.39 is 6.03 Å². The molecule has 0 fully saturated rings. The molecule has 2 rings (SSSR count). The van der Waals surface area contributed by atoms with Crippen molar-refractivity contribution in [2.75, 3.05) is 17.2 Å². The summed E-state index contributed by atoms with van der Waals surface area (Å²) in [5, 5.41) is 5.17. The van der Waals surface area contributed by atoms with Crippen molar-refractivity contribution in [1.29, 1.82) is 0 Å². The van der Waals surface area contributed by atoms with Crippen molar-refractivity contribution in [3.63, 3.8) is 0 Å². The van der Waals surface area contributed by atoms with Gasteiger partial charge in [-0.3, -0.25) is 4.79 Å². The summed E-state index contributed by atoms with van der Waals surface area (Å²) in [5.74, 6) is 0.807. The first kappa shape index (κ1) is 18.3. The van der Waals surface area contributed by atoms with E-state index in [1.165, 1.54) is 5.56 Å². The number of benzene rings is 2. The average Bonchev–Trinajstić information content (AvgIpc) is 2.52. The molecule has 0 radical (unpaired) electrons. The number of nitrogens with one attached hydrogen (secondary N) is 2. The van der Waals surface area contributed by atoms with Crippen molar-refractivity contribution in [1.82, 2.24) is 0 Å². The number of nitrogens with two attached hydrogens (primary N) is 1. The zero-order chi connectivity index (χ0) is 18.4. The Morgan fingerprint density at radius 1 is 1.08 bits per heavy atom. The molecule has 2 aromatic carbocycles. The molecule has 0 aromatic heterocycles. The molecular weight excluding hydrogens is 318 g/mol. The number of amides is 3. The van der Waals surface area contributed by atoms with Gasteiger partial charge in [0.15, 0.2) is 6.61 Å². The quantitative estimate of drug-likeness (QED) is 0.749. The third kappa shape index (κ3) is 5.53. The number of rotatable bonds is 6. The van der Waals surface area contributed by atoms with E-state index in [9.17, 15) is 9.59 Å². The van der Waals surface area contributed by atoms with Gasteiger partial charge in [-0.15, -0.1) is 0 Å². The van der Waals surface area contributed by atoms with Crippen LogP contribution in [-0.2, 0) is 4.79 Å². The van der Waals surface area contributed by atoms with E-state index in [-0.39, 0.29) is 12.5 Å².